The van der Waals surface area contributed by atoms with Crippen LogP contribution < -0.4 is 0 Å². The number of carbonyl (C=O) groups is 1. The standard InChI is InChI=1S/C17H30ClNO/c18-13-14-19(16-9-5-2-6-10-16)17(20)12-11-15-7-3-1-4-8-15/h15-16H,1-14H2. The molecule has 20 heavy (non-hydrogen) atoms. The van der Waals surface area contributed by atoms with E-state index in [2.05, 4.69) is 4.90 Å². The van der Waals surface area contributed by atoms with Crippen molar-refractivity contribution >= 4 is 17.5 Å². The molecule has 2 nitrogen and oxygen atoms in total. The van der Waals surface area contributed by atoms with Crippen LogP contribution in [0.2, 0.25) is 0 Å². The number of rotatable bonds is 6. The number of alkyl halides is 1. The first-order valence-corrected chi connectivity index (χ1v) is 9.20. The fraction of sp³-hybridized carbons (Fsp3) is 0.941. The maximum Gasteiger partial charge on any atom is 0.222 e. The van der Waals surface area contributed by atoms with E-state index >= 15 is 0 Å². The van der Waals surface area contributed by atoms with Crippen molar-refractivity contribution in [1.29, 1.82) is 0 Å². The summed E-state index contributed by atoms with van der Waals surface area (Å²) in [5.74, 6) is 1.74. The van der Waals surface area contributed by atoms with Crippen LogP contribution in [0.1, 0.15) is 77.0 Å². The lowest BCUT2D eigenvalue weighted by molar-refractivity contribution is -0.134. The van der Waals surface area contributed by atoms with Crippen molar-refractivity contribution < 1.29 is 4.79 Å². The van der Waals surface area contributed by atoms with E-state index in [1.165, 1.54) is 64.2 Å². The lowest BCUT2D eigenvalue weighted by Gasteiger charge is -2.34. The number of halogens is 1. The minimum absolute atomic E-state index is 0.364. The monoisotopic (exact) mass is 299 g/mol. The minimum Gasteiger partial charge on any atom is -0.339 e. The zero-order valence-corrected chi connectivity index (χ0v) is 13.5. The zero-order chi connectivity index (χ0) is 14.2. The van der Waals surface area contributed by atoms with Gasteiger partial charge in [-0.2, -0.15) is 0 Å². The van der Waals surface area contributed by atoms with Gasteiger partial charge >= 0.3 is 0 Å². The summed E-state index contributed by atoms with van der Waals surface area (Å²) in [7, 11) is 0. The maximum atomic E-state index is 12.5. The molecule has 0 unspecified atom stereocenters. The number of carbonyl (C=O) groups excluding carboxylic acids is 1. The van der Waals surface area contributed by atoms with E-state index in [9.17, 15) is 4.79 Å². The molecule has 2 aliphatic carbocycles. The van der Waals surface area contributed by atoms with Gasteiger partial charge in [0, 0.05) is 24.9 Å². The molecule has 0 heterocycles. The van der Waals surface area contributed by atoms with E-state index in [1.54, 1.807) is 0 Å². The summed E-state index contributed by atoms with van der Waals surface area (Å²) in [6, 6.07) is 0.473. The lowest BCUT2D eigenvalue weighted by atomic mass is 9.86. The van der Waals surface area contributed by atoms with Crippen LogP contribution in [-0.4, -0.2) is 29.3 Å². The molecule has 0 aromatic rings. The minimum atomic E-state index is 0.364. The Morgan fingerprint density at radius 3 is 2.15 bits per heavy atom. The predicted molar refractivity (Wildman–Crippen MR) is 85.1 cm³/mol. The van der Waals surface area contributed by atoms with E-state index in [0.29, 0.717) is 17.8 Å². The highest BCUT2D eigenvalue weighted by Gasteiger charge is 2.25. The quantitative estimate of drug-likeness (QED) is 0.648. The van der Waals surface area contributed by atoms with Crippen LogP contribution in [0.3, 0.4) is 0 Å². The fourth-order valence-corrected chi connectivity index (χ4v) is 4.12. The Hall–Kier alpha value is -0.240. The van der Waals surface area contributed by atoms with Crippen molar-refractivity contribution in [3.63, 3.8) is 0 Å². The van der Waals surface area contributed by atoms with Crippen molar-refractivity contribution in [2.45, 2.75) is 83.1 Å². The van der Waals surface area contributed by atoms with E-state index in [0.717, 1.165) is 25.3 Å². The fourth-order valence-electron chi connectivity index (χ4n) is 3.94. The highest BCUT2D eigenvalue weighted by atomic mass is 35.5. The van der Waals surface area contributed by atoms with Crippen molar-refractivity contribution in [2.24, 2.45) is 5.92 Å². The normalized spacial score (nSPS) is 21.9. The molecule has 2 saturated carbocycles. The molecule has 3 heteroatoms. The second-order valence-corrected chi connectivity index (χ2v) is 6.99. The van der Waals surface area contributed by atoms with Crippen LogP contribution in [0, 0.1) is 5.92 Å². The summed E-state index contributed by atoms with van der Waals surface area (Å²) in [6.45, 7) is 0.746. The molecule has 2 rings (SSSR count). The highest BCUT2D eigenvalue weighted by molar-refractivity contribution is 6.18. The van der Waals surface area contributed by atoms with E-state index in [4.69, 9.17) is 11.6 Å². The molecule has 0 radical (unpaired) electrons. The molecule has 0 bridgehead atoms. The second-order valence-electron chi connectivity index (χ2n) is 6.61. The first kappa shape index (κ1) is 16.1. The Morgan fingerprint density at radius 2 is 1.55 bits per heavy atom. The van der Waals surface area contributed by atoms with Gasteiger partial charge in [-0.25, -0.2) is 0 Å². The summed E-state index contributed by atoms with van der Waals surface area (Å²) < 4.78 is 0. The zero-order valence-electron chi connectivity index (χ0n) is 12.8. The van der Waals surface area contributed by atoms with Crippen molar-refractivity contribution in [2.75, 3.05) is 12.4 Å². The summed E-state index contributed by atoms with van der Waals surface area (Å²) >= 11 is 5.91. The van der Waals surface area contributed by atoms with Crippen LogP contribution in [-0.2, 0) is 4.79 Å². The summed E-state index contributed by atoms with van der Waals surface area (Å²) in [5.41, 5.74) is 0. The number of hydrogen-bond donors (Lipinski definition) is 0. The van der Waals surface area contributed by atoms with E-state index < -0.39 is 0 Å². The molecule has 2 fully saturated rings. The van der Waals surface area contributed by atoms with Gasteiger partial charge in [0.05, 0.1) is 0 Å². The van der Waals surface area contributed by atoms with Crippen LogP contribution in [0.5, 0.6) is 0 Å². The smallest absolute Gasteiger partial charge is 0.222 e. The Labute approximate surface area is 129 Å². The molecule has 0 aliphatic heterocycles. The third-order valence-electron chi connectivity index (χ3n) is 5.15. The first-order chi connectivity index (χ1) is 9.81. The maximum absolute atomic E-state index is 12.5. The average molecular weight is 300 g/mol. The van der Waals surface area contributed by atoms with Crippen LogP contribution >= 0.6 is 11.6 Å². The first-order valence-electron chi connectivity index (χ1n) is 8.66. The number of amides is 1. The van der Waals surface area contributed by atoms with Gasteiger partial charge in [0.25, 0.3) is 0 Å². The van der Waals surface area contributed by atoms with Crippen LogP contribution in [0.4, 0.5) is 0 Å². The van der Waals surface area contributed by atoms with Gasteiger partial charge in [0.2, 0.25) is 5.91 Å². The third-order valence-corrected chi connectivity index (χ3v) is 5.32. The van der Waals surface area contributed by atoms with Crippen molar-refractivity contribution in [1.82, 2.24) is 4.90 Å². The molecule has 0 saturated heterocycles. The summed E-state index contributed by atoms with van der Waals surface area (Å²) in [5, 5.41) is 0. The van der Waals surface area contributed by atoms with Crippen LogP contribution in [0.15, 0.2) is 0 Å². The van der Waals surface area contributed by atoms with Gasteiger partial charge in [-0.1, -0.05) is 51.4 Å². The van der Waals surface area contributed by atoms with Gasteiger partial charge in [-0.05, 0) is 25.2 Å². The molecule has 0 aromatic heterocycles. The van der Waals surface area contributed by atoms with Gasteiger partial charge in [-0.3, -0.25) is 4.79 Å². The van der Waals surface area contributed by atoms with Gasteiger partial charge < -0.3 is 4.90 Å². The predicted octanol–water partition coefficient (Wildman–Crippen LogP) is 4.75. The van der Waals surface area contributed by atoms with Crippen molar-refractivity contribution in [3.05, 3.63) is 0 Å². The van der Waals surface area contributed by atoms with Crippen LogP contribution in [0.25, 0.3) is 0 Å². The Morgan fingerprint density at radius 1 is 0.950 bits per heavy atom. The SMILES string of the molecule is O=C(CCC1CCCCC1)N(CCCl)C1CCCCC1. The molecule has 116 valence electrons. The molecular formula is C17H30ClNO. The molecule has 0 aromatic carbocycles. The average Bonchev–Trinajstić information content (AvgIpc) is 2.52. The van der Waals surface area contributed by atoms with E-state index in [1.807, 2.05) is 0 Å². The Kier molecular flexibility index (Phi) is 7.19. The Bertz CT molecular complexity index is 283. The van der Waals surface area contributed by atoms with Gasteiger partial charge in [0.1, 0.15) is 0 Å². The lowest BCUT2D eigenvalue weighted by Crippen LogP contribution is -2.42. The van der Waals surface area contributed by atoms with Crippen molar-refractivity contribution in [3.8, 4) is 0 Å². The van der Waals surface area contributed by atoms with Gasteiger partial charge in [-0.15, -0.1) is 11.6 Å². The number of nitrogens with zero attached hydrogens (tertiary/aromatic N) is 1. The molecule has 0 N–H and O–H groups in total. The molecule has 1 amide bonds. The Balaban J connectivity index is 1.79. The molecule has 0 spiro atoms. The number of hydrogen-bond acceptors (Lipinski definition) is 1. The van der Waals surface area contributed by atoms with E-state index in [-0.39, 0.29) is 0 Å². The largest absolute Gasteiger partial charge is 0.339 e. The van der Waals surface area contributed by atoms with Gasteiger partial charge in [0.15, 0.2) is 0 Å². The highest BCUT2D eigenvalue weighted by Crippen LogP contribution is 2.28. The molecular weight excluding hydrogens is 270 g/mol. The molecule has 0 atom stereocenters. The summed E-state index contributed by atoms with van der Waals surface area (Å²) in [4.78, 5) is 14.6. The topological polar surface area (TPSA) is 20.3 Å². The third kappa shape index (κ3) is 4.95. The summed E-state index contributed by atoms with van der Waals surface area (Å²) in [6.07, 6.45) is 14.9. The second kappa shape index (κ2) is 8.92. The molecule has 2 aliphatic rings.